The van der Waals surface area contributed by atoms with Crippen LogP contribution in [0.5, 0.6) is 0 Å². The molecular formula is C14H15N3O. The van der Waals surface area contributed by atoms with E-state index in [0.717, 1.165) is 22.7 Å². The number of nitrogens with zero attached hydrogens (tertiary/aromatic N) is 1. The summed E-state index contributed by atoms with van der Waals surface area (Å²) in [5.74, 6) is 1.50. The fraction of sp³-hybridized carbons (Fsp3) is 0.214. The molecule has 1 aromatic carbocycles. The average Bonchev–Trinajstić information content (AvgIpc) is 2.92. The van der Waals surface area contributed by atoms with Crippen LogP contribution in [0.1, 0.15) is 11.6 Å². The summed E-state index contributed by atoms with van der Waals surface area (Å²) in [6.45, 7) is 2.50. The summed E-state index contributed by atoms with van der Waals surface area (Å²) < 4.78 is 5.75. The van der Waals surface area contributed by atoms with E-state index in [1.165, 1.54) is 5.39 Å². The first-order valence-electron chi connectivity index (χ1n) is 6.02. The third-order valence-corrected chi connectivity index (χ3v) is 2.97. The summed E-state index contributed by atoms with van der Waals surface area (Å²) in [4.78, 5) is 7.72. The normalized spacial score (nSPS) is 11.2. The van der Waals surface area contributed by atoms with Crippen molar-refractivity contribution in [3.63, 3.8) is 0 Å². The molecule has 4 heteroatoms. The van der Waals surface area contributed by atoms with Crippen molar-refractivity contribution in [2.24, 2.45) is 5.73 Å². The van der Waals surface area contributed by atoms with Crippen LogP contribution in [-0.4, -0.2) is 16.5 Å². The molecule has 0 bridgehead atoms. The van der Waals surface area contributed by atoms with Gasteiger partial charge in [-0.05, 0) is 19.1 Å². The van der Waals surface area contributed by atoms with Crippen molar-refractivity contribution in [2.75, 3.05) is 6.54 Å². The number of H-pyrrole nitrogens is 1. The Kier molecular flexibility index (Phi) is 2.64. The lowest BCUT2D eigenvalue weighted by Gasteiger charge is -1.92. The zero-order valence-electron chi connectivity index (χ0n) is 10.2. The van der Waals surface area contributed by atoms with E-state index >= 15 is 0 Å². The molecule has 3 aromatic rings. The number of benzene rings is 1. The molecule has 0 atom stereocenters. The maximum atomic E-state index is 5.75. The van der Waals surface area contributed by atoms with E-state index < -0.39 is 0 Å². The Morgan fingerprint density at radius 3 is 2.94 bits per heavy atom. The summed E-state index contributed by atoms with van der Waals surface area (Å²) in [6, 6.07) is 10.2. The highest BCUT2D eigenvalue weighted by molar-refractivity contribution is 5.85. The van der Waals surface area contributed by atoms with Gasteiger partial charge in [-0.15, -0.1) is 0 Å². The van der Waals surface area contributed by atoms with Gasteiger partial charge in [-0.2, -0.15) is 0 Å². The van der Waals surface area contributed by atoms with Crippen molar-refractivity contribution in [3.05, 3.63) is 41.9 Å². The summed E-state index contributed by atoms with van der Waals surface area (Å²) in [5, 5.41) is 1.17. The number of hydrogen-bond donors (Lipinski definition) is 2. The zero-order valence-corrected chi connectivity index (χ0v) is 10.2. The Labute approximate surface area is 105 Å². The van der Waals surface area contributed by atoms with E-state index in [2.05, 4.69) is 22.1 Å². The number of fused-ring (bicyclic) bond motifs is 1. The Hall–Kier alpha value is -2.07. The molecule has 92 valence electrons. The molecule has 0 amide bonds. The number of nitrogens with two attached hydrogens (primary N) is 1. The smallest absolute Gasteiger partial charge is 0.196 e. The lowest BCUT2D eigenvalue weighted by atomic mass is 10.2. The van der Waals surface area contributed by atoms with E-state index in [9.17, 15) is 0 Å². The van der Waals surface area contributed by atoms with Gasteiger partial charge in [-0.3, -0.25) is 0 Å². The van der Waals surface area contributed by atoms with E-state index in [1.807, 2.05) is 25.1 Å². The predicted molar refractivity (Wildman–Crippen MR) is 71.3 cm³/mol. The first kappa shape index (κ1) is 11.0. The van der Waals surface area contributed by atoms with E-state index in [0.29, 0.717) is 18.9 Å². The Balaban J connectivity index is 2.08. The van der Waals surface area contributed by atoms with Crippen LogP contribution in [-0.2, 0) is 6.42 Å². The van der Waals surface area contributed by atoms with Crippen molar-refractivity contribution in [1.29, 1.82) is 0 Å². The highest BCUT2D eigenvalue weighted by Crippen LogP contribution is 2.27. The molecule has 0 saturated heterocycles. The predicted octanol–water partition coefficient (Wildman–Crippen LogP) is 2.63. The van der Waals surface area contributed by atoms with Crippen LogP contribution in [0.25, 0.3) is 22.4 Å². The summed E-state index contributed by atoms with van der Waals surface area (Å²) in [7, 11) is 0. The molecule has 4 nitrogen and oxygen atoms in total. The Morgan fingerprint density at radius 1 is 1.33 bits per heavy atom. The molecule has 0 spiro atoms. The van der Waals surface area contributed by atoms with Crippen LogP contribution in [0.4, 0.5) is 0 Å². The van der Waals surface area contributed by atoms with Crippen molar-refractivity contribution in [2.45, 2.75) is 13.3 Å². The molecule has 18 heavy (non-hydrogen) atoms. The molecule has 2 heterocycles. The van der Waals surface area contributed by atoms with Crippen LogP contribution in [0.3, 0.4) is 0 Å². The molecule has 0 unspecified atom stereocenters. The number of aromatic amines is 1. The van der Waals surface area contributed by atoms with Crippen molar-refractivity contribution >= 4 is 10.9 Å². The zero-order chi connectivity index (χ0) is 12.5. The van der Waals surface area contributed by atoms with Crippen molar-refractivity contribution in [3.8, 4) is 11.5 Å². The number of hydrogen-bond acceptors (Lipinski definition) is 3. The SMILES string of the molecule is Cc1nc(CCN)oc1-c1cc2ccccc2[nH]1. The van der Waals surface area contributed by atoms with Gasteiger partial charge >= 0.3 is 0 Å². The first-order valence-corrected chi connectivity index (χ1v) is 6.02. The molecule has 0 aliphatic heterocycles. The van der Waals surface area contributed by atoms with Crippen molar-refractivity contribution < 1.29 is 4.42 Å². The number of oxazole rings is 1. The van der Waals surface area contributed by atoms with E-state index in [-0.39, 0.29) is 0 Å². The summed E-state index contributed by atoms with van der Waals surface area (Å²) in [6.07, 6.45) is 0.668. The lowest BCUT2D eigenvalue weighted by Crippen LogP contribution is -2.02. The quantitative estimate of drug-likeness (QED) is 0.740. The van der Waals surface area contributed by atoms with Crippen LogP contribution in [0.15, 0.2) is 34.7 Å². The van der Waals surface area contributed by atoms with Crippen LogP contribution in [0, 0.1) is 6.92 Å². The van der Waals surface area contributed by atoms with E-state index in [4.69, 9.17) is 10.2 Å². The van der Waals surface area contributed by atoms with E-state index in [1.54, 1.807) is 0 Å². The van der Waals surface area contributed by atoms with Gasteiger partial charge in [-0.25, -0.2) is 4.98 Å². The maximum absolute atomic E-state index is 5.75. The number of rotatable bonds is 3. The number of para-hydroxylation sites is 1. The maximum Gasteiger partial charge on any atom is 0.196 e. The van der Waals surface area contributed by atoms with Gasteiger partial charge in [0.2, 0.25) is 0 Å². The standard InChI is InChI=1S/C14H15N3O/c1-9-14(18-13(16-9)6-7-15)12-8-10-4-2-3-5-11(10)17-12/h2-5,8,17H,6-7,15H2,1H3. The van der Waals surface area contributed by atoms with Gasteiger partial charge in [0.1, 0.15) is 0 Å². The van der Waals surface area contributed by atoms with Gasteiger partial charge in [0, 0.05) is 23.9 Å². The minimum Gasteiger partial charge on any atom is -0.439 e. The molecule has 3 rings (SSSR count). The third-order valence-electron chi connectivity index (χ3n) is 2.97. The fourth-order valence-electron chi connectivity index (χ4n) is 2.13. The molecule has 0 aliphatic rings. The van der Waals surface area contributed by atoms with Crippen molar-refractivity contribution in [1.82, 2.24) is 9.97 Å². The topological polar surface area (TPSA) is 67.8 Å². The summed E-state index contributed by atoms with van der Waals surface area (Å²) >= 11 is 0. The second kappa shape index (κ2) is 4.31. The van der Waals surface area contributed by atoms with Crippen LogP contribution >= 0.6 is 0 Å². The minimum absolute atomic E-state index is 0.548. The van der Waals surface area contributed by atoms with Gasteiger partial charge in [0.15, 0.2) is 11.7 Å². The Morgan fingerprint density at radius 2 is 2.17 bits per heavy atom. The second-order valence-electron chi connectivity index (χ2n) is 4.33. The third kappa shape index (κ3) is 1.80. The highest BCUT2D eigenvalue weighted by Gasteiger charge is 2.13. The molecule has 0 saturated carbocycles. The van der Waals surface area contributed by atoms with Crippen LogP contribution in [0.2, 0.25) is 0 Å². The molecular weight excluding hydrogens is 226 g/mol. The first-order chi connectivity index (χ1) is 8.78. The van der Waals surface area contributed by atoms with Gasteiger partial charge in [-0.1, -0.05) is 18.2 Å². The fourth-order valence-corrected chi connectivity index (χ4v) is 2.13. The molecule has 0 aliphatic carbocycles. The molecule has 0 fully saturated rings. The minimum atomic E-state index is 0.548. The largest absolute Gasteiger partial charge is 0.439 e. The van der Waals surface area contributed by atoms with Crippen LogP contribution < -0.4 is 5.73 Å². The Bertz CT molecular complexity index is 648. The van der Waals surface area contributed by atoms with Gasteiger partial charge in [0.05, 0.1) is 11.4 Å². The molecule has 0 radical (unpaired) electrons. The molecule has 2 aromatic heterocycles. The number of aromatic nitrogens is 2. The van der Waals surface area contributed by atoms with Gasteiger partial charge in [0.25, 0.3) is 0 Å². The molecule has 3 N–H and O–H groups in total. The lowest BCUT2D eigenvalue weighted by molar-refractivity contribution is 0.506. The monoisotopic (exact) mass is 241 g/mol. The number of aryl methyl sites for hydroxylation is 1. The average molecular weight is 241 g/mol. The number of nitrogens with one attached hydrogen (secondary N) is 1. The second-order valence-corrected chi connectivity index (χ2v) is 4.33. The highest BCUT2D eigenvalue weighted by atomic mass is 16.4. The van der Waals surface area contributed by atoms with Gasteiger partial charge < -0.3 is 15.1 Å². The summed E-state index contributed by atoms with van der Waals surface area (Å²) in [5.41, 5.74) is 8.47.